The Bertz CT molecular complexity index is 602. The van der Waals surface area contributed by atoms with Gasteiger partial charge in [-0.25, -0.2) is 4.39 Å². The molecule has 1 unspecified atom stereocenters. The predicted octanol–water partition coefficient (Wildman–Crippen LogP) is 4.64. The minimum atomic E-state index is -0.298. The molecule has 0 aromatic heterocycles. The van der Waals surface area contributed by atoms with E-state index >= 15 is 0 Å². The summed E-state index contributed by atoms with van der Waals surface area (Å²) in [5.41, 5.74) is 4.35. The van der Waals surface area contributed by atoms with Crippen LogP contribution in [0.15, 0.2) is 40.9 Å². The largest absolute Gasteiger partial charge is 0.271 e. The molecule has 20 heavy (non-hydrogen) atoms. The third-order valence-electron chi connectivity index (χ3n) is 2.99. The van der Waals surface area contributed by atoms with Crippen molar-refractivity contribution in [1.82, 2.24) is 5.43 Å². The van der Waals surface area contributed by atoms with E-state index in [-0.39, 0.29) is 11.9 Å². The van der Waals surface area contributed by atoms with Gasteiger partial charge in [0.1, 0.15) is 5.82 Å². The van der Waals surface area contributed by atoms with Gasteiger partial charge in [0.15, 0.2) is 0 Å². The van der Waals surface area contributed by atoms with Crippen LogP contribution < -0.4 is 11.3 Å². The molecule has 106 valence electrons. The lowest BCUT2D eigenvalue weighted by molar-refractivity contribution is 0.550. The molecule has 0 aliphatic carbocycles. The van der Waals surface area contributed by atoms with Gasteiger partial charge in [0.2, 0.25) is 0 Å². The second-order valence-corrected chi connectivity index (χ2v) is 5.96. The maximum atomic E-state index is 13.1. The van der Waals surface area contributed by atoms with Crippen LogP contribution in [0.3, 0.4) is 0 Å². The summed E-state index contributed by atoms with van der Waals surface area (Å²) in [5, 5.41) is 1.08. The Balaban J connectivity index is 2.34. The fourth-order valence-corrected chi connectivity index (χ4v) is 3.17. The summed E-state index contributed by atoms with van der Waals surface area (Å²) in [5.74, 6) is 5.32. The summed E-state index contributed by atoms with van der Waals surface area (Å²) in [6.45, 7) is 0. The van der Waals surface area contributed by atoms with Gasteiger partial charge in [-0.1, -0.05) is 51.3 Å². The van der Waals surface area contributed by atoms with E-state index in [1.165, 1.54) is 12.1 Å². The van der Waals surface area contributed by atoms with E-state index in [9.17, 15) is 4.39 Å². The average Bonchev–Trinajstić information content (AvgIpc) is 2.39. The first-order chi connectivity index (χ1) is 9.52. The maximum Gasteiger partial charge on any atom is 0.124 e. The van der Waals surface area contributed by atoms with E-state index in [1.807, 2.05) is 0 Å². The summed E-state index contributed by atoms with van der Waals surface area (Å²) < 4.78 is 13.8. The molecule has 0 aliphatic rings. The van der Waals surface area contributed by atoms with Gasteiger partial charge in [-0.2, -0.15) is 0 Å². The van der Waals surface area contributed by atoms with Crippen molar-refractivity contribution in [2.75, 3.05) is 0 Å². The van der Waals surface area contributed by atoms with Crippen molar-refractivity contribution in [2.24, 2.45) is 5.84 Å². The summed E-state index contributed by atoms with van der Waals surface area (Å²) in [7, 11) is 0. The van der Waals surface area contributed by atoms with E-state index in [0.29, 0.717) is 20.9 Å². The highest BCUT2D eigenvalue weighted by Crippen LogP contribution is 2.33. The summed E-state index contributed by atoms with van der Waals surface area (Å²) in [6.07, 6.45) is 0.529. The second kappa shape index (κ2) is 6.87. The van der Waals surface area contributed by atoms with Crippen molar-refractivity contribution < 1.29 is 4.39 Å². The molecule has 0 aliphatic heterocycles. The molecule has 2 rings (SSSR count). The van der Waals surface area contributed by atoms with Crippen LogP contribution in [0.5, 0.6) is 0 Å². The molecular weight excluding hydrogens is 366 g/mol. The zero-order valence-corrected chi connectivity index (χ0v) is 13.4. The van der Waals surface area contributed by atoms with Crippen LogP contribution in [0.2, 0.25) is 10.0 Å². The van der Waals surface area contributed by atoms with Crippen molar-refractivity contribution in [2.45, 2.75) is 12.5 Å². The Kier molecular flexibility index (Phi) is 5.41. The van der Waals surface area contributed by atoms with Crippen molar-refractivity contribution in [1.29, 1.82) is 0 Å². The minimum Gasteiger partial charge on any atom is -0.271 e. The molecule has 0 heterocycles. The average molecular weight is 378 g/mol. The number of rotatable bonds is 4. The normalized spacial score (nSPS) is 12.4. The van der Waals surface area contributed by atoms with Crippen LogP contribution >= 0.6 is 39.1 Å². The van der Waals surface area contributed by atoms with Crippen LogP contribution in [-0.2, 0) is 6.42 Å². The Hall–Kier alpha value is -0.650. The number of hydrogen-bond donors (Lipinski definition) is 2. The number of benzene rings is 2. The number of hydrazine groups is 1. The van der Waals surface area contributed by atoms with Gasteiger partial charge in [-0.15, -0.1) is 0 Å². The molecule has 0 spiro atoms. The smallest absolute Gasteiger partial charge is 0.124 e. The van der Waals surface area contributed by atoms with Gasteiger partial charge in [-0.3, -0.25) is 11.3 Å². The Morgan fingerprint density at radius 2 is 1.85 bits per heavy atom. The minimum absolute atomic E-state index is 0.266. The fourth-order valence-electron chi connectivity index (χ4n) is 2.00. The SMILES string of the molecule is NNC(Cc1ccc(F)cc1Br)c1c(Cl)cccc1Cl. The number of hydrogen-bond acceptors (Lipinski definition) is 2. The van der Waals surface area contributed by atoms with Crippen LogP contribution in [0.1, 0.15) is 17.2 Å². The van der Waals surface area contributed by atoms with Gasteiger partial charge >= 0.3 is 0 Å². The van der Waals surface area contributed by atoms with Gasteiger partial charge in [0, 0.05) is 20.1 Å². The first-order valence-corrected chi connectivity index (χ1v) is 7.41. The fraction of sp³-hybridized carbons (Fsp3) is 0.143. The molecule has 0 saturated carbocycles. The first kappa shape index (κ1) is 15.7. The molecular formula is C14H12BrCl2FN2. The van der Waals surface area contributed by atoms with Crippen molar-refractivity contribution in [3.05, 3.63) is 67.9 Å². The van der Waals surface area contributed by atoms with E-state index < -0.39 is 0 Å². The third-order valence-corrected chi connectivity index (χ3v) is 4.39. The monoisotopic (exact) mass is 376 g/mol. The molecule has 2 nitrogen and oxygen atoms in total. The van der Waals surface area contributed by atoms with Crippen LogP contribution in [0, 0.1) is 5.82 Å². The quantitative estimate of drug-likeness (QED) is 0.601. The molecule has 2 aromatic carbocycles. The van der Waals surface area contributed by atoms with E-state index in [4.69, 9.17) is 29.0 Å². The number of nitrogens with two attached hydrogens (primary N) is 1. The second-order valence-electron chi connectivity index (χ2n) is 4.29. The number of halogens is 4. The first-order valence-electron chi connectivity index (χ1n) is 5.87. The third kappa shape index (κ3) is 3.51. The lowest BCUT2D eigenvalue weighted by Crippen LogP contribution is -2.30. The molecule has 0 saturated heterocycles. The summed E-state index contributed by atoms with van der Waals surface area (Å²) in [6, 6.07) is 9.54. The van der Waals surface area contributed by atoms with Crippen LogP contribution in [-0.4, -0.2) is 0 Å². The molecule has 6 heteroatoms. The van der Waals surface area contributed by atoms with E-state index in [2.05, 4.69) is 21.4 Å². The molecule has 3 N–H and O–H groups in total. The Morgan fingerprint density at radius 1 is 1.20 bits per heavy atom. The van der Waals surface area contributed by atoms with Gasteiger partial charge in [0.05, 0.1) is 6.04 Å². The highest BCUT2D eigenvalue weighted by atomic mass is 79.9. The zero-order valence-electron chi connectivity index (χ0n) is 10.3. The standard InChI is InChI=1S/C14H12BrCl2FN2/c15-10-7-9(18)5-4-8(10)6-13(20-19)14-11(16)2-1-3-12(14)17/h1-5,7,13,20H,6,19H2. The molecule has 0 radical (unpaired) electrons. The van der Waals surface area contributed by atoms with E-state index in [1.54, 1.807) is 24.3 Å². The topological polar surface area (TPSA) is 38.0 Å². The Morgan fingerprint density at radius 3 is 2.40 bits per heavy atom. The lowest BCUT2D eigenvalue weighted by Gasteiger charge is -2.20. The Labute approximate surface area is 135 Å². The van der Waals surface area contributed by atoms with Crippen molar-refractivity contribution in [3.63, 3.8) is 0 Å². The number of nitrogens with one attached hydrogen (secondary N) is 1. The van der Waals surface area contributed by atoms with Gasteiger partial charge in [-0.05, 0) is 36.2 Å². The van der Waals surface area contributed by atoms with Gasteiger partial charge in [0.25, 0.3) is 0 Å². The van der Waals surface area contributed by atoms with Crippen LogP contribution in [0.25, 0.3) is 0 Å². The maximum absolute atomic E-state index is 13.1. The zero-order chi connectivity index (χ0) is 14.7. The lowest BCUT2D eigenvalue weighted by atomic mass is 9.99. The van der Waals surface area contributed by atoms with Crippen molar-refractivity contribution >= 4 is 39.1 Å². The predicted molar refractivity (Wildman–Crippen MR) is 84.3 cm³/mol. The van der Waals surface area contributed by atoms with E-state index in [0.717, 1.165) is 11.1 Å². The van der Waals surface area contributed by atoms with Crippen molar-refractivity contribution in [3.8, 4) is 0 Å². The summed E-state index contributed by atoms with van der Waals surface area (Å²) in [4.78, 5) is 0. The highest BCUT2D eigenvalue weighted by molar-refractivity contribution is 9.10. The molecule has 2 aromatic rings. The molecule has 0 bridgehead atoms. The molecule has 1 atom stereocenters. The molecule has 0 fully saturated rings. The van der Waals surface area contributed by atoms with Crippen LogP contribution in [0.4, 0.5) is 4.39 Å². The highest BCUT2D eigenvalue weighted by Gasteiger charge is 2.18. The molecule has 0 amide bonds. The van der Waals surface area contributed by atoms with Gasteiger partial charge < -0.3 is 0 Å². The summed E-state index contributed by atoms with van der Waals surface area (Å²) >= 11 is 15.7.